The van der Waals surface area contributed by atoms with Crippen molar-refractivity contribution >= 4 is 11.9 Å². The number of aryl methyl sites for hydroxylation is 2. The van der Waals surface area contributed by atoms with Gasteiger partial charge in [0, 0.05) is 6.04 Å². The number of carboxylic acid groups (broad SMARTS) is 1. The van der Waals surface area contributed by atoms with E-state index in [-0.39, 0.29) is 18.7 Å². The van der Waals surface area contributed by atoms with E-state index in [2.05, 4.69) is 10.3 Å². The summed E-state index contributed by atoms with van der Waals surface area (Å²) >= 11 is 0. The van der Waals surface area contributed by atoms with E-state index in [1.54, 1.807) is 20.8 Å². The maximum Gasteiger partial charge on any atom is 0.305 e. The summed E-state index contributed by atoms with van der Waals surface area (Å²) in [5.41, 5.74) is 0.756. The Kier molecular flexibility index (Phi) is 4.25. The highest BCUT2D eigenvalue weighted by Crippen LogP contribution is 2.08. The van der Waals surface area contributed by atoms with Gasteiger partial charge in [0.2, 0.25) is 11.8 Å². The van der Waals surface area contributed by atoms with Crippen molar-refractivity contribution in [2.45, 2.75) is 39.7 Å². The first kappa shape index (κ1) is 13.2. The number of rotatable bonds is 5. The quantitative estimate of drug-likeness (QED) is 0.794. The second-order valence-corrected chi connectivity index (χ2v) is 3.99. The van der Waals surface area contributed by atoms with E-state index in [9.17, 15) is 9.59 Å². The molecule has 0 fully saturated rings. The molecule has 94 valence electrons. The molecule has 0 bridgehead atoms. The third-order valence-electron chi connectivity index (χ3n) is 2.27. The van der Waals surface area contributed by atoms with E-state index >= 15 is 0 Å². The molecule has 17 heavy (non-hydrogen) atoms. The SMILES string of the molecule is Cc1nc(CC(=O)NC(C)CC(=O)O)oc1C. The fourth-order valence-electron chi connectivity index (χ4n) is 1.39. The van der Waals surface area contributed by atoms with E-state index in [0.717, 1.165) is 5.69 Å². The van der Waals surface area contributed by atoms with E-state index in [1.807, 2.05) is 0 Å². The lowest BCUT2D eigenvalue weighted by atomic mass is 10.2. The van der Waals surface area contributed by atoms with Gasteiger partial charge in [-0.2, -0.15) is 0 Å². The van der Waals surface area contributed by atoms with Gasteiger partial charge in [-0.1, -0.05) is 0 Å². The summed E-state index contributed by atoms with van der Waals surface area (Å²) in [5, 5.41) is 11.1. The Labute approximate surface area is 99.0 Å². The van der Waals surface area contributed by atoms with Crippen LogP contribution >= 0.6 is 0 Å². The fourth-order valence-corrected chi connectivity index (χ4v) is 1.39. The van der Waals surface area contributed by atoms with Crippen molar-refractivity contribution in [3.8, 4) is 0 Å². The van der Waals surface area contributed by atoms with Crippen LogP contribution in [-0.4, -0.2) is 28.0 Å². The van der Waals surface area contributed by atoms with Crippen molar-refractivity contribution < 1.29 is 19.1 Å². The molecule has 2 N–H and O–H groups in total. The van der Waals surface area contributed by atoms with Crippen LogP contribution in [0, 0.1) is 13.8 Å². The number of aliphatic carboxylic acids is 1. The number of hydrogen-bond donors (Lipinski definition) is 2. The summed E-state index contributed by atoms with van der Waals surface area (Å²) in [4.78, 5) is 26.0. The van der Waals surface area contributed by atoms with Gasteiger partial charge in [0.15, 0.2) is 0 Å². The number of carbonyl (C=O) groups is 2. The van der Waals surface area contributed by atoms with E-state index < -0.39 is 12.0 Å². The van der Waals surface area contributed by atoms with E-state index in [0.29, 0.717) is 11.7 Å². The van der Waals surface area contributed by atoms with Crippen LogP contribution in [0.25, 0.3) is 0 Å². The Balaban J connectivity index is 2.47. The summed E-state index contributed by atoms with van der Waals surface area (Å²) < 4.78 is 5.26. The van der Waals surface area contributed by atoms with Crippen LogP contribution in [0.15, 0.2) is 4.42 Å². The molecule has 1 unspecified atom stereocenters. The first-order valence-corrected chi connectivity index (χ1v) is 5.32. The molecular formula is C11H16N2O4. The van der Waals surface area contributed by atoms with Gasteiger partial charge in [0.1, 0.15) is 12.2 Å². The average molecular weight is 240 g/mol. The van der Waals surface area contributed by atoms with Crippen LogP contribution in [0.2, 0.25) is 0 Å². The zero-order valence-electron chi connectivity index (χ0n) is 10.1. The largest absolute Gasteiger partial charge is 0.481 e. The molecule has 0 aliphatic carbocycles. The van der Waals surface area contributed by atoms with Gasteiger partial charge in [0.05, 0.1) is 12.1 Å². The van der Waals surface area contributed by atoms with Gasteiger partial charge in [-0.3, -0.25) is 9.59 Å². The van der Waals surface area contributed by atoms with Gasteiger partial charge >= 0.3 is 5.97 Å². The normalized spacial score (nSPS) is 12.2. The lowest BCUT2D eigenvalue weighted by molar-refractivity contribution is -0.137. The molecule has 1 rings (SSSR count). The maximum absolute atomic E-state index is 11.5. The summed E-state index contributed by atoms with van der Waals surface area (Å²) in [6.45, 7) is 5.21. The lowest BCUT2D eigenvalue weighted by Gasteiger charge is -2.10. The highest BCUT2D eigenvalue weighted by molar-refractivity contribution is 5.78. The molecule has 0 aromatic carbocycles. The molecule has 1 amide bonds. The minimum absolute atomic E-state index is 0.0264. The second-order valence-electron chi connectivity index (χ2n) is 3.99. The van der Waals surface area contributed by atoms with Gasteiger partial charge < -0.3 is 14.8 Å². The van der Waals surface area contributed by atoms with E-state index in [4.69, 9.17) is 9.52 Å². The Morgan fingerprint density at radius 3 is 2.59 bits per heavy atom. The number of oxazole rings is 1. The monoisotopic (exact) mass is 240 g/mol. The predicted octanol–water partition coefficient (Wildman–Crippen LogP) is 0.813. The summed E-state index contributed by atoms with van der Waals surface area (Å²) in [5.74, 6) is -0.202. The number of carboxylic acids is 1. The molecule has 0 saturated heterocycles. The first-order valence-electron chi connectivity index (χ1n) is 5.32. The number of nitrogens with zero attached hydrogens (tertiary/aromatic N) is 1. The summed E-state index contributed by atoms with van der Waals surface area (Å²) in [7, 11) is 0. The zero-order valence-corrected chi connectivity index (χ0v) is 10.1. The highest BCUT2D eigenvalue weighted by atomic mass is 16.4. The number of amides is 1. The maximum atomic E-state index is 11.5. The number of hydrogen-bond acceptors (Lipinski definition) is 4. The second kappa shape index (κ2) is 5.47. The number of aromatic nitrogens is 1. The van der Waals surface area contributed by atoms with E-state index in [1.165, 1.54) is 0 Å². The molecule has 1 aromatic rings. The molecule has 0 aliphatic heterocycles. The predicted molar refractivity (Wildman–Crippen MR) is 59.5 cm³/mol. The van der Waals surface area contributed by atoms with Crippen LogP contribution in [0.4, 0.5) is 0 Å². The summed E-state index contributed by atoms with van der Waals surface area (Å²) in [6.07, 6.45) is -0.0754. The Morgan fingerprint density at radius 1 is 1.47 bits per heavy atom. The Morgan fingerprint density at radius 2 is 2.12 bits per heavy atom. The van der Waals surface area contributed by atoms with Crippen molar-refractivity contribution in [2.75, 3.05) is 0 Å². The molecule has 0 aliphatic rings. The fraction of sp³-hybridized carbons (Fsp3) is 0.545. The van der Waals surface area contributed by atoms with Crippen LogP contribution in [-0.2, 0) is 16.0 Å². The van der Waals surface area contributed by atoms with Crippen molar-refractivity contribution in [3.05, 3.63) is 17.3 Å². The molecule has 6 heteroatoms. The molecule has 1 atom stereocenters. The zero-order chi connectivity index (χ0) is 13.0. The topological polar surface area (TPSA) is 92.4 Å². The molecule has 6 nitrogen and oxygen atoms in total. The lowest BCUT2D eigenvalue weighted by Crippen LogP contribution is -2.35. The molecule has 1 aromatic heterocycles. The van der Waals surface area contributed by atoms with Crippen LogP contribution in [0.1, 0.15) is 30.7 Å². The van der Waals surface area contributed by atoms with Crippen molar-refractivity contribution in [1.82, 2.24) is 10.3 Å². The molecule has 0 saturated carbocycles. The molecule has 0 radical (unpaired) electrons. The van der Waals surface area contributed by atoms with Crippen molar-refractivity contribution in [2.24, 2.45) is 0 Å². The van der Waals surface area contributed by atoms with Gasteiger partial charge in [-0.15, -0.1) is 0 Å². The van der Waals surface area contributed by atoms with Gasteiger partial charge in [-0.05, 0) is 20.8 Å². The number of nitrogens with one attached hydrogen (secondary N) is 1. The molecule has 0 spiro atoms. The Bertz CT molecular complexity index is 406. The summed E-state index contributed by atoms with van der Waals surface area (Å²) in [6, 6.07) is -0.405. The molecular weight excluding hydrogens is 224 g/mol. The minimum atomic E-state index is -0.944. The minimum Gasteiger partial charge on any atom is -0.481 e. The Hall–Kier alpha value is -1.85. The van der Waals surface area contributed by atoms with Crippen molar-refractivity contribution in [1.29, 1.82) is 0 Å². The molecule has 1 heterocycles. The average Bonchev–Trinajstić information content (AvgIpc) is 2.43. The third-order valence-corrected chi connectivity index (χ3v) is 2.27. The highest BCUT2D eigenvalue weighted by Gasteiger charge is 2.14. The van der Waals surface area contributed by atoms with Crippen LogP contribution in [0.3, 0.4) is 0 Å². The van der Waals surface area contributed by atoms with Gasteiger partial charge in [-0.25, -0.2) is 4.98 Å². The number of carbonyl (C=O) groups excluding carboxylic acids is 1. The first-order chi connectivity index (χ1) is 7.88. The van der Waals surface area contributed by atoms with Gasteiger partial charge in [0.25, 0.3) is 0 Å². The van der Waals surface area contributed by atoms with Crippen LogP contribution < -0.4 is 5.32 Å². The third kappa shape index (κ3) is 4.26. The smallest absolute Gasteiger partial charge is 0.305 e. The standard InChI is InChI=1S/C11H16N2O4/c1-6(4-11(15)16)12-9(14)5-10-13-7(2)8(3)17-10/h6H,4-5H2,1-3H3,(H,12,14)(H,15,16). The van der Waals surface area contributed by atoms with Crippen LogP contribution in [0.5, 0.6) is 0 Å². The van der Waals surface area contributed by atoms with Crippen molar-refractivity contribution in [3.63, 3.8) is 0 Å².